The number of pyridine rings is 1. The van der Waals surface area contributed by atoms with Crippen LogP contribution < -0.4 is 11.1 Å². The summed E-state index contributed by atoms with van der Waals surface area (Å²) in [5.74, 6) is 4.90. The zero-order valence-electron chi connectivity index (χ0n) is 12.5. The topological polar surface area (TPSA) is 88.3 Å². The Bertz CT molecular complexity index is 575. The Morgan fingerprint density at radius 3 is 2.86 bits per heavy atom. The van der Waals surface area contributed by atoms with Crippen molar-refractivity contribution in [3.05, 3.63) is 29.6 Å². The number of carbonyl (C=O) groups is 2. The molecule has 0 spiro atoms. The maximum atomic E-state index is 12.2. The van der Waals surface area contributed by atoms with Crippen LogP contribution in [0, 0.1) is 11.8 Å². The number of aromatic nitrogens is 1. The summed E-state index contributed by atoms with van der Waals surface area (Å²) in [7, 11) is 1.68. The zero-order valence-corrected chi connectivity index (χ0v) is 12.5. The molecule has 0 bridgehead atoms. The zero-order chi connectivity index (χ0) is 15.8. The number of nitrogens with two attached hydrogens (primary N) is 1. The van der Waals surface area contributed by atoms with Gasteiger partial charge in [-0.05, 0) is 26.0 Å². The standard InChI is InChI=1S/C15H20N4O2/c1-4-19(3)15(21)11(2)18-14(20)13-12(7-5-9-16)8-6-10-17-13/h6,8,10-11H,4,9,16H2,1-3H3,(H,18,20). The van der Waals surface area contributed by atoms with Crippen LogP contribution in [0.1, 0.15) is 29.9 Å². The average Bonchev–Trinajstić information content (AvgIpc) is 2.51. The molecule has 0 saturated heterocycles. The van der Waals surface area contributed by atoms with Gasteiger partial charge in [0.05, 0.1) is 12.1 Å². The minimum absolute atomic E-state index is 0.156. The van der Waals surface area contributed by atoms with Crippen molar-refractivity contribution in [2.45, 2.75) is 19.9 Å². The number of likely N-dealkylation sites (N-methyl/N-ethyl adjacent to an activating group) is 1. The van der Waals surface area contributed by atoms with E-state index in [1.54, 1.807) is 31.0 Å². The van der Waals surface area contributed by atoms with Gasteiger partial charge < -0.3 is 16.0 Å². The van der Waals surface area contributed by atoms with E-state index in [1.807, 2.05) is 6.92 Å². The van der Waals surface area contributed by atoms with Gasteiger partial charge in [-0.25, -0.2) is 4.98 Å². The first-order valence-electron chi connectivity index (χ1n) is 6.71. The number of hydrogen-bond acceptors (Lipinski definition) is 4. The van der Waals surface area contributed by atoms with Gasteiger partial charge in [0.15, 0.2) is 0 Å². The fourth-order valence-electron chi connectivity index (χ4n) is 1.65. The highest BCUT2D eigenvalue weighted by molar-refractivity contribution is 5.97. The number of rotatable bonds is 4. The quantitative estimate of drug-likeness (QED) is 0.763. The lowest BCUT2D eigenvalue weighted by atomic mass is 10.1. The summed E-state index contributed by atoms with van der Waals surface area (Å²) in [4.78, 5) is 29.7. The van der Waals surface area contributed by atoms with E-state index in [1.165, 1.54) is 6.20 Å². The molecule has 0 aliphatic carbocycles. The molecule has 1 heterocycles. The van der Waals surface area contributed by atoms with Gasteiger partial charge in [-0.1, -0.05) is 11.8 Å². The Kier molecular flexibility index (Phi) is 6.37. The smallest absolute Gasteiger partial charge is 0.271 e. The molecular weight excluding hydrogens is 268 g/mol. The van der Waals surface area contributed by atoms with Gasteiger partial charge in [-0.15, -0.1) is 0 Å². The Morgan fingerprint density at radius 2 is 2.24 bits per heavy atom. The summed E-state index contributed by atoms with van der Waals surface area (Å²) in [5.41, 5.74) is 6.01. The Labute approximate surface area is 124 Å². The Hall–Kier alpha value is -2.39. The third-order valence-corrected chi connectivity index (χ3v) is 2.92. The molecule has 0 aromatic carbocycles. The molecule has 3 N–H and O–H groups in total. The van der Waals surface area contributed by atoms with Crippen LogP contribution >= 0.6 is 0 Å². The summed E-state index contributed by atoms with van der Waals surface area (Å²) in [6.45, 7) is 4.29. The van der Waals surface area contributed by atoms with Crippen LogP contribution in [0.3, 0.4) is 0 Å². The van der Waals surface area contributed by atoms with E-state index in [-0.39, 0.29) is 18.1 Å². The fourth-order valence-corrected chi connectivity index (χ4v) is 1.65. The van der Waals surface area contributed by atoms with E-state index in [0.29, 0.717) is 12.1 Å². The lowest BCUT2D eigenvalue weighted by Gasteiger charge is -2.20. The van der Waals surface area contributed by atoms with Crippen LogP contribution in [0.5, 0.6) is 0 Å². The highest BCUT2D eigenvalue weighted by Gasteiger charge is 2.20. The maximum absolute atomic E-state index is 12.2. The molecule has 1 aromatic heterocycles. The molecule has 6 heteroatoms. The van der Waals surface area contributed by atoms with E-state index < -0.39 is 11.9 Å². The third kappa shape index (κ3) is 4.58. The molecule has 112 valence electrons. The normalized spacial score (nSPS) is 11.0. The van der Waals surface area contributed by atoms with Crippen molar-refractivity contribution in [2.24, 2.45) is 5.73 Å². The van der Waals surface area contributed by atoms with Gasteiger partial charge in [0.25, 0.3) is 5.91 Å². The Morgan fingerprint density at radius 1 is 1.52 bits per heavy atom. The first-order chi connectivity index (χ1) is 10.0. The summed E-state index contributed by atoms with van der Waals surface area (Å²) in [6.07, 6.45) is 1.51. The van der Waals surface area contributed by atoms with Crippen molar-refractivity contribution in [3.8, 4) is 11.8 Å². The predicted molar refractivity (Wildman–Crippen MR) is 80.4 cm³/mol. The SMILES string of the molecule is CCN(C)C(=O)C(C)NC(=O)c1ncccc1C#CCN. The van der Waals surface area contributed by atoms with Crippen LogP contribution in [0.25, 0.3) is 0 Å². The van der Waals surface area contributed by atoms with Crippen molar-refractivity contribution in [1.29, 1.82) is 0 Å². The van der Waals surface area contributed by atoms with E-state index >= 15 is 0 Å². The highest BCUT2D eigenvalue weighted by atomic mass is 16.2. The number of nitrogens with zero attached hydrogens (tertiary/aromatic N) is 2. The molecule has 0 aliphatic rings. The second kappa shape index (κ2) is 8.02. The van der Waals surface area contributed by atoms with Gasteiger partial charge in [0.2, 0.25) is 5.91 Å². The minimum Gasteiger partial charge on any atom is -0.344 e. The van der Waals surface area contributed by atoms with Crippen molar-refractivity contribution in [1.82, 2.24) is 15.2 Å². The van der Waals surface area contributed by atoms with Gasteiger partial charge in [0.1, 0.15) is 11.7 Å². The maximum Gasteiger partial charge on any atom is 0.271 e. The van der Waals surface area contributed by atoms with Crippen LogP contribution in [-0.2, 0) is 4.79 Å². The summed E-state index contributed by atoms with van der Waals surface area (Å²) in [5, 5.41) is 2.64. The van der Waals surface area contributed by atoms with Crippen LogP contribution in [0.4, 0.5) is 0 Å². The van der Waals surface area contributed by atoms with Crippen LogP contribution in [0.2, 0.25) is 0 Å². The second-order valence-corrected chi connectivity index (χ2v) is 4.45. The summed E-state index contributed by atoms with van der Waals surface area (Å²) >= 11 is 0. The number of hydrogen-bond donors (Lipinski definition) is 2. The molecule has 1 atom stereocenters. The largest absolute Gasteiger partial charge is 0.344 e. The molecule has 1 unspecified atom stereocenters. The van der Waals surface area contributed by atoms with Crippen LogP contribution in [0.15, 0.2) is 18.3 Å². The lowest BCUT2D eigenvalue weighted by Crippen LogP contribution is -2.45. The van der Waals surface area contributed by atoms with Crippen molar-refractivity contribution < 1.29 is 9.59 Å². The van der Waals surface area contributed by atoms with E-state index in [2.05, 4.69) is 22.1 Å². The molecule has 6 nitrogen and oxygen atoms in total. The van der Waals surface area contributed by atoms with Crippen LogP contribution in [-0.4, -0.2) is 47.9 Å². The monoisotopic (exact) mass is 288 g/mol. The summed E-state index contributed by atoms with van der Waals surface area (Å²) < 4.78 is 0. The van der Waals surface area contributed by atoms with Crippen molar-refractivity contribution >= 4 is 11.8 Å². The Balaban J connectivity index is 2.87. The molecule has 0 fully saturated rings. The van der Waals surface area contributed by atoms with Crippen molar-refractivity contribution in [3.63, 3.8) is 0 Å². The van der Waals surface area contributed by atoms with Gasteiger partial charge in [-0.2, -0.15) is 0 Å². The molecular formula is C15H20N4O2. The molecule has 2 amide bonds. The van der Waals surface area contributed by atoms with Gasteiger partial charge in [0, 0.05) is 19.8 Å². The first kappa shape index (κ1) is 16.7. The predicted octanol–water partition coefficient (Wildman–Crippen LogP) is -0.0116. The highest BCUT2D eigenvalue weighted by Crippen LogP contribution is 2.04. The van der Waals surface area contributed by atoms with E-state index in [0.717, 1.165) is 0 Å². The fraction of sp³-hybridized carbons (Fsp3) is 0.400. The van der Waals surface area contributed by atoms with E-state index in [4.69, 9.17) is 5.73 Å². The number of nitrogens with one attached hydrogen (secondary N) is 1. The number of carbonyl (C=O) groups excluding carboxylic acids is 2. The third-order valence-electron chi connectivity index (χ3n) is 2.92. The average molecular weight is 288 g/mol. The van der Waals surface area contributed by atoms with Gasteiger partial charge in [-0.3, -0.25) is 9.59 Å². The molecule has 0 aliphatic heterocycles. The molecule has 0 saturated carbocycles. The lowest BCUT2D eigenvalue weighted by molar-refractivity contribution is -0.131. The first-order valence-corrected chi connectivity index (χ1v) is 6.71. The van der Waals surface area contributed by atoms with E-state index in [9.17, 15) is 9.59 Å². The summed E-state index contributed by atoms with van der Waals surface area (Å²) in [6, 6.07) is 2.76. The number of amides is 2. The molecule has 21 heavy (non-hydrogen) atoms. The minimum atomic E-state index is -0.625. The van der Waals surface area contributed by atoms with Gasteiger partial charge >= 0.3 is 0 Å². The molecule has 1 aromatic rings. The van der Waals surface area contributed by atoms with Crippen molar-refractivity contribution in [2.75, 3.05) is 20.1 Å². The molecule has 0 radical (unpaired) electrons. The second-order valence-electron chi connectivity index (χ2n) is 4.45. The molecule has 1 rings (SSSR count).